The van der Waals surface area contributed by atoms with Crippen LogP contribution in [0.5, 0.6) is 0 Å². The first kappa shape index (κ1) is 11.4. The Morgan fingerprint density at radius 3 is 2.73 bits per heavy atom. The summed E-state index contributed by atoms with van der Waals surface area (Å²) >= 11 is 0. The molecule has 1 aromatic rings. The summed E-state index contributed by atoms with van der Waals surface area (Å²) in [6, 6.07) is 6.13. The third kappa shape index (κ3) is 3.18. The lowest BCUT2D eigenvalue weighted by molar-refractivity contribution is 0.238. The van der Waals surface area contributed by atoms with Crippen LogP contribution in [0, 0.1) is 5.82 Å². The smallest absolute Gasteiger partial charge is 0.148 e. The zero-order valence-corrected chi connectivity index (χ0v) is 8.39. The zero-order chi connectivity index (χ0) is 11.3. The van der Waals surface area contributed by atoms with Crippen LogP contribution in [0.2, 0.25) is 0 Å². The maximum absolute atomic E-state index is 13.1. The fraction of sp³-hybridized carbons (Fsp3) is 0.182. The average Bonchev–Trinajstić information content (AvgIpc) is 2.21. The molecule has 1 aromatic carbocycles. The Labute approximate surface area is 87.8 Å². The minimum Gasteiger partial charge on any atom is -0.404 e. The molecule has 4 heteroatoms. The molecule has 1 rings (SSSR count). The van der Waals surface area contributed by atoms with Crippen molar-refractivity contribution in [3.05, 3.63) is 41.9 Å². The highest BCUT2D eigenvalue weighted by Gasteiger charge is 2.01. The van der Waals surface area contributed by atoms with E-state index in [0.29, 0.717) is 5.57 Å². The second-order valence-corrected chi connectivity index (χ2v) is 3.05. The van der Waals surface area contributed by atoms with Gasteiger partial charge in [-0.15, -0.1) is 0 Å². The molecule has 1 unspecified atom stereocenters. The van der Waals surface area contributed by atoms with E-state index in [1.165, 1.54) is 18.5 Å². The largest absolute Gasteiger partial charge is 0.404 e. The van der Waals surface area contributed by atoms with Crippen molar-refractivity contribution in [3.8, 4) is 0 Å². The van der Waals surface area contributed by atoms with E-state index in [1.54, 1.807) is 25.1 Å². The van der Waals surface area contributed by atoms with Gasteiger partial charge in [0.05, 0.1) is 11.8 Å². The van der Waals surface area contributed by atoms with Crippen molar-refractivity contribution in [1.29, 1.82) is 0 Å². The van der Waals surface area contributed by atoms with Gasteiger partial charge in [-0.1, -0.05) is 12.1 Å². The molecule has 0 aliphatic rings. The number of halogens is 1. The van der Waals surface area contributed by atoms with E-state index in [0.717, 1.165) is 0 Å². The van der Waals surface area contributed by atoms with E-state index in [-0.39, 0.29) is 5.69 Å². The molecule has 0 aliphatic carbocycles. The van der Waals surface area contributed by atoms with Crippen LogP contribution in [0.4, 0.5) is 10.1 Å². The molecule has 15 heavy (non-hydrogen) atoms. The predicted molar refractivity (Wildman–Crippen MR) is 58.5 cm³/mol. The van der Waals surface area contributed by atoms with Crippen LogP contribution in [0.1, 0.15) is 6.92 Å². The van der Waals surface area contributed by atoms with Gasteiger partial charge in [0.1, 0.15) is 5.82 Å². The third-order valence-electron chi connectivity index (χ3n) is 1.88. The normalized spacial score (nSPS) is 14.5. The molecule has 0 aliphatic heterocycles. The van der Waals surface area contributed by atoms with E-state index >= 15 is 0 Å². The van der Waals surface area contributed by atoms with E-state index in [1.807, 2.05) is 0 Å². The molecule has 3 N–H and O–H groups in total. The van der Waals surface area contributed by atoms with Gasteiger partial charge < -0.3 is 10.8 Å². The summed E-state index contributed by atoms with van der Waals surface area (Å²) in [7, 11) is 0. The molecule has 0 radical (unpaired) electrons. The molecule has 0 bridgehead atoms. The van der Waals surface area contributed by atoms with Gasteiger partial charge in [-0.25, -0.2) is 4.39 Å². The minimum atomic E-state index is -0.717. The fourth-order valence-electron chi connectivity index (χ4n) is 0.991. The van der Waals surface area contributed by atoms with Crippen molar-refractivity contribution in [2.45, 2.75) is 13.0 Å². The van der Waals surface area contributed by atoms with E-state index in [4.69, 9.17) is 5.73 Å². The molecule has 0 amide bonds. The van der Waals surface area contributed by atoms with Crippen molar-refractivity contribution >= 4 is 11.9 Å². The van der Waals surface area contributed by atoms with Gasteiger partial charge in [-0.2, -0.15) is 0 Å². The van der Waals surface area contributed by atoms with Gasteiger partial charge in [0.15, 0.2) is 0 Å². The second-order valence-electron chi connectivity index (χ2n) is 3.05. The highest BCUT2D eigenvalue weighted by Crippen LogP contribution is 2.16. The lowest BCUT2D eigenvalue weighted by Crippen LogP contribution is -2.07. The lowest BCUT2D eigenvalue weighted by atomic mass is 10.2. The van der Waals surface area contributed by atoms with Crippen LogP contribution in [-0.4, -0.2) is 17.4 Å². The number of hydrogen-bond acceptors (Lipinski definition) is 3. The van der Waals surface area contributed by atoms with Crippen molar-refractivity contribution in [2.24, 2.45) is 10.7 Å². The van der Waals surface area contributed by atoms with E-state index in [2.05, 4.69) is 4.99 Å². The lowest BCUT2D eigenvalue weighted by Gasteiger charge is -2.03. The second kappa shape index (κ2) is 5.26. The number of nitrogens with two attached hydrogens (primary N) is 1. The molecule has 0 fully saturated rings. The molecule has 3 nitrogen and oxygen atoms in total. The Morgan fingerprint density at radius 1 is 1.53 bits per heavy atom. The molecule has 80 valence electrons. The predicted octanol–water partition coefficient (Wildman–Crippen LogP) is 1.75. The monoisotopic (exact) mass is 208 g/mol. The summed E-state index contributed by atoms with van der Waals surface area (Å²) < 4.78 is 13.1. The van der Waals surface area contributed by atoms with Gasteiger partial charge in [-0.3, -0.25) is 4.99 Å². The summed E-state index contributed by atoms with van der Waals surface area (Å²) in [5, 5.41) is 9.23. The Bertz CT molecular complexity index is 386. The molecule has 0 saturated heterocycles. The first-order valence-electron chi connectivity index (χ1n) is 4.53. The van der Waals surface area contributed by atoms with Crippen molar-refractivity contribution in [1.82, 2.24) is 0 Å². The number of nitrogens with zero attached hydrogens (tertiary/aromatic N) is 1. The van der Waals surface area contributed by atoms with Crippen molar-refractivity contribution in [2.75, 3.05) is 0 Å². The summed E-state index contributed by atoms with van der Waals surface area (Å²) in [6.45, 7) is 1.56. The maximum Gasteiger partial charge on any atom is 0.148 e. The number of hydrogen-bond donors (Lipinski definition) is 2. The first-order valence-corrected chi connectivity index (χ1v) is 4.53. The summed E-state index contributed by atoms with van der Waals surface area (Å²) in [6.07, 6.45) is 1.88. The van der Waals surface area contributed by atoms with Crippen LogP contribution in [0.15, 0.2) is 41.0 Å². The van der Waals surface area contributed by atoms with Crippen molar-refractivity contribution < 1.29 is 9.50 Å². The van der Waals surface area contributed by atoms with Crippen LogP contribution in [0.3, 0.4) is 0 Å². The summed E-state index contributed by atoms with van der Waals surface area (Å²) in [5.41, 5.74) is 5.93. The van der Waals surface area contributed by atoms with Crippen LogP contribution >= 0.6 is 0 Å². The number of aliphatic hydroxyl groups excluding tert-OH is 1. The molecule has 0 saturated carbocycles. The molecular formula is C11H13FN2O. The Hall–Kier alpha value is -1.68. The van der Waals surface area contributed by atoms with Crippen LogP contribution in [0.25, 0.3) is 0 Å². The number of para-hydroxylation sites is 1. The number of aliphatic hydroxyl groups is 1. The molecule has 0 aromatic heterocycles. The molecule has 0 heterocycles. The Kier molecular flexibility index (Phi) is 4.00. The highest BCUT2D eigenvalue weighted by atomic mass is 19.1. The number of aliphatic imine (C=N–C) groups is 1. The first-order chi connectivity index (χ1) is 7.15. The summed E-state index contributed by atoms with van der Waals surface area (Å²) in [4.78, 5) is 3.89. The maximum atomic E-state index is 13.1. The third-order valence-corrected chi connectivity index (χ3v) is 1.88. The fourth-order valence-corrected chi connectivity index (χ4v) is 0.991. The molecule has 1 atom stereocenters. The Morgan fingerprint density at radius 2 is 2.20 bits per heavy atom. The van der Waals surface area contributed by atoms with Gasteiger partial charge in [0, 0.05) is 18.0 Å². The van der Waals surface area contributed by atoms with Gasteiger partial charge in [0.2, 0.25) is 0 Å². The van der Waals surface area contributed by atoms with Crippen molar-refractivity contribution in [3.63, 3.8) is 0 Å². The number of rotatable bonds is 3. The Balaban J connectivity index is 2.86. The molecular weight excluding hydrogens is 195 g/mol. The average molecular weight is 208 g/mol. The standard InChI is InChI=1S/C11H13FN2O/c1-8(15)9(6-13)7-14-11-5-3-2-4-10(11)12/h2-8,15H,13H2,1H3/b9-6+,14-7?. The van der Waals surface area contributed by atoms with Gasteiger partial charge in [-0.05, 0) is 19.1 Å². The quantitative estimate of drug-likeness (QED) is 0.743. The van der Waals surface area contributed by atoms with Gasteiger partial charge in [0.25, 0.3) is 0 Å². The van der Waals surface area contributed by atoms with E-state index < -0.39 is 11.9 Å². The summed E-state index contributed by atoms with van der Waals surface area (Å²) in [5.74, 6) is -0.407. The van der Waals surface area contributed by atoms with Crippen LogP contribution < -0.4 is 5.73 Å². The minimum absolute atomic E-state index is 0.220. The topological polar surface area (TPSA) is 58.6 Å². The SMILES string of the molecule is CC(O)/C(C=Nc1ccccc1F)=C/N. The highest BCUT2D eigenvalue weighted by molar-refractivity contribution is 5.81. The molecule has 0 spiro atoms. The van der Waals surface area contributed by atoms with Crippen LogP contribution in [-0.2, 0) is 0 Å². The van der Waals surface area contributed by atoms with Gasteiger partial charge >= 0.3 is 0 Å². The van der Waals surface area contributed by atoms with E-state index in [9.17, 15) is 9.50 Å². The number of benzene rings is 1. The zero-order valence-electron chi connectivity index (χ0n) is 8.39.